The third kappa shape index (κ3) is 4.11. The average molecular weight is 284 g/mol. The molecule has 2 rings (SSSR count). The third-order valence-corrected chi connectivity index (χ3v) is 3.16. The highest BCUT2D eigenvalue weighted by Crippen LogP contribution is 2.26. The molecule has 0 bridgehead atoms. The molecule has 0 N–H and O–H groups in total. The highest BCUT2D eigenvalue weighted by atomic mass is 19.4. The molecule has 0 unspecified atom stereocenters. The normalized spacial score (nSPS) is 16.2. The van der Waals surface area contributed by atoms with Crippen LogP contribution in [0.25, 0.3) is 0 Å². The van der Waals surface area contributed by atoms with E-state index in [1.165, 1.54) is 18.2 Å². The first-order valence-corrected chi connectivity index (χ1v) is 6.55. The Labute approximate surface area is 115 Å². The van der Waals surface area contributed by atoms with Gasteiger partial charge in [-0.05, 0) is 43.4 Å². The summed E-state index contributed by atoms with van der Waals surface area (Å²) >= 11 is 0. The van der Waals surface area contributed by atoms with Crippen LogP contribution in [0, 0.1) is 0 Å². The van der Waals surface area contributed by atoms with E-state index in [1.54, 1.807) is 0 Å². The number of ether oxygens (including phenoxy) is 1. The van der Waals surface area contributed by atoms with E-state index < -0.39 is 6.36 Å². The van der Waals surface area contributed by atoms with Gasteiger partial charge < -0.3 is 4.74 Å². The summed E-state index contributed by atoms with van der Waals surface area (Å²) in [4.78, 5) is 12.3. The fraction of sp³-hybridized carbons (Fsp3) is 0.400. The Hall–Kier alpha value is -1.78. The molecule has 0 aromatic heterocycles. The average Bonchev–Trinajstić information content (AvgIpc) is 2.65. The van der Waals surface area contributed by atoms with E-state index in [9.17, 15) is 18.0 Å². The molecule has 1 aliphatic rings. The fourth-order valence-corrected chi connectivity index (χ4v) is 2.24. The van der Waals surface area contributed by atoms with Crippen LogP contribution in [0.4, 0.5) is 13.2 Å². The number of hydrogen-bond acceptors (Lipinski definition) is 2. The summed E-state index contributed by atoms with van der Waals surface area (Å²) in [6.07, 6.45) is 1.74. The zero-order chi connectivity index (χ0) is 14.6. The van der Waals surface area contributed by atoms with Gasteiger partial charge in [-0.3, -0.25) is 4.79 Å². The van der Waals surface area contributed by atoms with Crippen LogP contribution >= 0.6 is 0 Å². The molecule has 0 fully saturated rings. The fourth-order valence-electron chi connectivity index (χ4n) is 2.24. The van der Waals surface area contributed by atoms with Gasteiger partial charge in [0.15, 0.2) is 5.78 Å². The molecule has 2 nitrogen and oxygen atoms in total. The van der Waals surface area contributed by atoms with E-state index in [0.29, 0.717) is 12.0 Å². The number of rotatable bonds is 3. The second-order valence-electron chi connectivity index (χ2n) is 4.73. The summed E-state index contributed by atoms with van der Waals surface area (Å²) in [6.45, 7) is 0. The van der Waals surface area contributed by atoms with Gasteiger partial charge in [-0.2, -0.15) is 0 Å². The molecule has 1 aromatic carbocycles. The van der Waals surface area contributed by atoms with Crippen molar-refractivity contribution >= 4 is 5.78 Å². The lowest BCUT2D eigenvalue weighted by atomic mass is 9.99. The number of carbonyl (C=O) groups excluding carboxylic acids is 1. The molecule has 0 heterocycles. The number of allylic oxidation sites excluding steroid dienone is 2. The molecule has 0 amide bonds. The largest absolute Gasteiger partial charge is 0.573 e. The van der Waals surface area contributed by atoms with Gasteiger partial charge in [0, 0.05) is 5.56 Å². The summed E-state index contributed by atoms with van der Waals surface area (Å²) in [7, 11) is 0. The minimum atomic E-state index is -4.75. The molecule has 0 radical (unpaired) electrons. The maximum absolute atomic E-state index is 12.3. The standard InChI is InChI=1S/C15H15F3O2/c16-15(17,18)20-13-9-5-8-12(10-13)14(19)11-6-3-1-2-4-7-11/h5-6,8-10H,1-4,7H2. The monoisotopic (exact) mass is 284 g/mol. The van der Waals surface area contributed by atoms with E-state index in [1.807, 2.05) is 6.08 Å². The van der Waals surface area contributed by atoms with Crippen molar-refractivity contribution in [2.75, 3.05) is 0 Å². The van der Waals surface area contributed by atoms with Crippen molar-refractivity contribution in [1.82, 2.24) is 0 Å². The van der Waals surface area contributed by atoms with Gasteiger partial charge in [0.1, 0.15) is 5.75 Å². The van der Waals surface area contributed by atoms with Crippen molar-refractivity contribution in [2.24, 2.45) is 0 Å². The zero-order valence-electron chi connectivity index (χ0n) is 10.9. The number of benzene rings is 1. The molecular formula is C15H15F3O2. The maximum atomic E-state index is 12.3. The van der Waals surface area contributed by atoms with Crippen molar-refractivity contribution < 1.29 is 22.7 Å². The summed E-state index contributed by atoms with van der Waals surface area (Å²) in [5, 5.41) is 0. The Balaban J connectivity index is 2.17. The van der Waals surface area contributed by atoms with Crippen LogP contribution in [0.3, 0.4) is 0 Å². The predicted molar refractivity (Wildman–Crippen MR) is 68.6 cm³/mol. The number of carbonyl (C=O) groups is 1. The van der Waals surface area contributed by atoms with E-state index in [2.05, 4.69) is 4.74 Å². The van der Waals surface area contributed by atoms with Crippen molar-refractivity contribution in [1.29, 1.82) is 0 Å². The summed E-state index contributed by atoms with van der Waals surface area (Å²) in [5.41, 5.74) is 0.923. The van der Waals surface area contributed by atoms with Crippen LogP contribution in [-0.2, 0) is 0 Å². The molecule has 0 spiro atoms. The Morgan fingerprint density at radius 1 is 1.15 bits per heavy atom. The van der Waals surface area contributed by atoms with Gasteiger partial charge in [-0.25, -0.2) is 0 Å². The van der Waals surface area contributed by atoms with Gasteiger partial charge in [0.25, 0.3) is 0 Å². The summed E-state index contributed by atoms with van der Waals surface area (Å²) in [6, 6.07) is 5.23. The number of Topliss-reactive ketones (excluding diaryl/α,β-unsaturated/α-hetero) is 1. The molecule has 0 saturated carbocycles. The lowest BCUT2D eigenvalue weighted by Gasteiger charge is -2.10. The van der Waals surface area contributed by atoms with E-state index in [0.717, 1.165) is 31.7 Å². The quantitative estimate of drug-likeness (QED) is 0.755. The molecule has 1 aromatic rings. The molecule has 0 saturated heterocycles. The van der Waals surface area contributed by atoms with Gasteiger partial charge in [0.2, 0.25) is 0 Å². The predicted octanol–water partition coefficient (Wildman–Crippen LogP) is 4.66. The molecule has 0 atom stereocenters. The van der Waals surface area contributed by atoms with Crippen LogP contribution in [0.2, 0.25) is 0 Å². The first-order valence-electron chi connectivity index (χ1n) is 6.55. The molecule has 1 aliphatic carbocycles. The Kier molecular flexibility index (Phi) is 4.47. The summed E-state index contributed by atoms with van der Waals surface area (Å²) in [5.74, 6) is -0.572. The molecular weight excluding hydrogens is 269 g/mol. The Morgan fingerprint density at radius 3 is 2.70 bits per heavy atom. The number of halogens is 3. The zero-order valence-corrected chi connectivity index (χ0v) is 10.9. The Bertz CT molecular complexity index is 518. The molecule has 20 heavy (non-hydrogen) atoms. The van der Waals surface area contributed by atoms with E-state index in [-0.39, 0.29) is 17.1 Å². The smallest absolute Gasteiger partial charge is 0.406 e. The first-order chi connectivity index (χ1) is 9.46. The lowest BCUT2D eigenvalue weighted by Crippen LogP contribution is -2.17. The first kappa shape index (κ1) is 14.6. The minimum Gasteiger partial charge on any atom is -0.406 e. The molecule has 108 valence electrons. The van der Waals surface area contributed by atoms with Crippen molar-refractivity contribution in [3.63, 3.8) is 0 Å². The van der Waals surface area contributed by atoms with Crippen molar-refractivity contribution in [3.05, 3.63) is 41.5 Å². The van der Waals surface area contributed by atoms with Crippen LogP contribution in [-0.4, -0.2) is 12.1 Å². The Morgan fingerprint density at radius 2 is 1.95 bits per heavy atom. The van der Waals surface area contributed by atoms with E-state index >= 15 is 0 Å². The second-order valence-corrected chi connectivity index (χ2v) is 4.73. The van der Waals surface area contributed by atoms with Gasteiger partial charge in [-0.1, -0.05) is 24.6 Å². The van der Waals surface area contributed by atoms with Gasteiger partial charge >= 0.3 is 6.36 Å². The number of hydrogen-bond donors (Lipinski definition) is 0. The van der Waals surface area contributed by atoms with Crippen LogP contribution in [0.5, 0.6) is 5.75 Å². The maximum Gasteiger partial charge on any atom is 0.573 e. The van der Waals surface area contributed by atoms with Crippen LogP contribution in [0.15, 0.2) is 35.9 Å². The van der Waals surface area contributed by atoms with E-state index in [4.69, 9.17) is 0 Å². The van der Waals surface area contributed by atoms with Gasteiger partial charge in [-0.15, -0.1) is 13.2 Å². The molecule has 0 aliphatic heterocycles. The third-order valence-electron chi connectivity index (χ3n) is 3.16. The van der Waals surface area contributed by atoms with Crippen LogP contribution < -0.4 is 4.74 Å². The van der Waals surface area contributed by atoms with Crippen LogP contribution in [0.1, 0.15) is 42.5 Å². The highest BCUT2D eigenvalue weighted by Gasteiger charge is 2.31. The molecule has 5 heteroatoms. The lowest BCUT2D eigenvalue weighted by molar-refractivity contribution is -0.274. The summed E-state index contributed by atoms with van der Waals surface area (Å²) < 4.78 is 40.3. The van der Waals surface area contributed by atoms with Crippen molar-refractivity contribution in [2.45, 2.75) is 38.5 Å². The second kappa shape index (κ2) is 6.11. The minimum absolute atomic E-state index is 0.209. The topological polar surface area (TPSA) is 26.3 Å². The SMILES string of the molecule is O=C(C1=CCCCCC1)c1cccc(OC(F)(F)F)c1. The number of ketones is 1. The van der Waals surface area contributed by atoms with Gasteiger partial charge in [0.05, 0.1) is 0 Å². The number of alkyl halides is 3. The van der Waals surface area contributed by atoms with Crippen molar-refractivity contribution in [3.8, 4) is 5.75 Å². The highest BCUT2D eigenvalue weighted by molar-refractivity contribution is 6.08.